The minimum atomic E-state index is -0.373. The first-order valence-corrected chi connectivity index (χ1v) is 5.62. The van der Waals surface area contributed by atoms with Crippen molar-refractivity contribution in [2.45, 2.75) is 50.2 Å². The molecule has 2 rings (SSSR count). The first kappa shape index (κ1) is 10.2. The van der Waals surface area contributed by atoms with Crippen molar-refractivity contribution in [2.24, 2.45) is 5.92 Å². The molecule has 0 aliphatic heterocycles. The van der Waals surface area contributed by atoms with Gasteiger partial charge in [-0.05, 0) is 24.3 Å². The highest BCUT2D eigenvalue weighted by Crippen LogP contribution is 2.50. The van der Waals surface area contributed by atoms with Crippen LogP contribution in [-0.4, -0.2) is 23.9 Å². The van der Waals surface area contributed by atoms with E-state index < -0.39 is 0 Å². The van der Waals surface area contributed by atoms with Gasteiger partial charge in [-0.25, -0.2) is 0 Å². The Hall–Kier alpha value is -0.340. The summed E-state index contributed by atoms with van der Waals surface area (Å²) in [6, 6.07) is 0. The summed E-state index contributed by atoms with van der Waals surface area (Å²) < 4.78 is 5.43. The average Bonchev–Trinajstić information content (AvgIpc) is 2.91. The van der Waals surface area contributed by atoms with Gasteiger partial charge in [-0.15, -0.1) is 0 Å². The Morgan fingerprint density at radius 1 is 1.43 bits per heavy atom. The lowest BCUT2D eigenvalue weighted by Gasteiger charge is -2.31. The van der Waals surface area contributed by atoms with E-state index in [1.807, 2.05) is 0 Å². The Labute approximate surface area is 86.0 Å². The van der Waals surface area contributed by atoms with E-state index >= 15 is 0 Å². The van der Waals surface area contributed by atoms with Crippen LogP contribution in [0.2, 0.25) is 0 Å². The van der Waals surface area contributed by atoms with Gasteiger partial charge in [0.25, 0.3) is 0 Å². The van der Waals surface area contributed by atoms with Crippen molar-refractivity contribution in [2.75, 3.05) is 7.11 Å². The number of ether oxygens (including phenoxy) is 1. The summed E-state index contributed by atoms with van der Waals surface area (Å²) in [6.07, 6.45) is 6.67. The lowest BCUT2D eigenvalue weighted by molar-refractivity contribution is -0.0587. The van der Waals surface area contributed by atoms with E-state index in [1.165, 1.54) is 19.3 Å². The Morgan fingerprint density at radius 2 is 2.00 bits per heavy atom. The molecule has 2 aliphatic carbocycles. The van der Waals surface area contributed by atoms with Gasteiger partial charge in [0.05, 0.1) is 6.10 Å². The Morgan fingerprint density at radius 3 is 2.43 bits per heavy atom. The first-order valence-electron chi connectivity index (χ1n) is 5.62. The molecule has 0 aromatic rings. The van der Waals surface area contributed by atoms with Gasteiger partial charge in [0.1, 0.15) is 5.60 Å². The molecule has 0 radical (unpaired) electrons. The van der Waals surface area contributed by atoms with Crippen molar-refractivity contribution < 1.29 is 9.84 Å². The third kappa shape index (κ3) is 1.51. The van der Waals surface area contributed by atoms with Crippen molar-refractivity contribution in [1.82, 2.24) is 0 Å². The van der Waals surface area contributed by atoms with Crippen molar-refractivity contribution in [3.05, 3.63) is 12.2 Å². The molecule has 0 bridgehead atoms. The Kier molecular flexibility index (Phi) is 2.67. The van der Waals surface area contributed by atoms with Gasteiger partial charge in [-0.2, -0.15) is 0 Å². The highest BCUT2D eigenvalue weighted by Gasteiger charge is 2.55. The lowest BCUT2D eigenvalue weighted by atomic mass is 9.82. The number of aliphatic hydroxyl groups excluding tert-OH is 1. The van der Waals surface area contributed by atoms with Crippen LogP contribution in [0.1, 0.15) is 38.5 Å². The molecule has 1 N–H and O–H groups in total. The predicted molar refractivity (Wildman–Crippen MR) is 56.1 cm³/mol. The van der Waals surface area contributed by atoms with Crippen molar-refractivity contribution >= 4 is 0 Å². The molecule has 0 aromatic carbocycles. The number of aliphatic hydroxyl groups is 1. The summed E-state index contributed by atoms with van der Waals surface area (Å²) in [6.45, 7) is 3.92. The van der Waals surface area contributed by atoms with Crippen LogP contribution >= 0.6 is 0 Å². The summed E-state index contributed by atoms with van der Waals surface area (Å²) in [5, 5.41) is 10.2. The molecule has 2 saturated carbocycles. The van der Waals surface area contributed by atoms with Gasteiger partial charge in [0.15, 0.2) is 0 Å². The zero-order valence-electron chi connectivity index (χ0n) is 8.96. The van der Waals surface area contributed by atoms with Gasteiger partial charge >= 0.3 is 0 Å². The second-order valence-electron chi connectivity index (χ2n) is 4.72. The fourth-order valence-electron chi connectivity index (χ4n) is 2.75. The van der Waals surface area contributed by atoms with Crippen molar-refractivity contribution in [3.8, 4) is 0 Å². The average molecular weight is 196 g/mol. The standard InChI is InChI=1S/C12H20O2/c1-9-8-12(9,14-2)11(13)10-6-4-3-5-7-10/h10-11,13H,1,3-8H2,2H3/t11-,12-/m1/s1. The molecule has 2 atom stereocenters. The molecule has 0 amide bonds. The second-order valence-corrected chi connectivity index (χ2v) is 4.72. The zero-order chi connectivity index (χ0) is 10.2. The number of methoxy groups -OCH3 is 1. The number of hydrogen-bond acceptors (Lipinski definition) is 2. The predicted octanol–water partition coefficient (Wildman–Crippen LogP) is 2.27. The summed E-state index contributed by atoms with van der Waals surface area (Å²) in [5.41, 5.74) is 0.695. The summed E-state index contributed by atoms with van der Waals surface area (Å²) >= 11 is 0. The molecule has 2 heteroatoms. The Balaban J connectivity index is 1.99. The highest BCUT2D eigenvalue weighted by molar-refractivity contribution is 5.36. The van der Waals surface area contributed by atoms with Crippen molar-refractivity contribution in [1.29, 1.82) is 0 Å². The third-order valence-electron chi connectivity index (χ3n) is 3.89. The molecule has 0 aromatic heterocycles. The van der Waals surface area contributed by atoms with Crippen LogP contribution in [0.5, 0.6) is 0 Å². The molecular formula is C12H20O2. The molecule has 2 fully saturated rings. The second kappa shape index (κ2) is 3.67. The van der Waals surface area contributed by atoms with Crippen LogP contribution in [0.15, 0.2) is 12.2 Å². The fourth-order valence-corrected chi connectivity index (χ4v) is 2.75. The molecule has 0 spiro atoms. The van der Waals surface area contributed by atoms with Gasteiger partial charge < -0.3 is 9.84 Å². The topological polar surface area (TPSA) is 29.5 Å². The van der Waals surface area contributed by atoms with E-state index in [9.17, 15) is 5.11 Å². The summed E-state index contributed by atoms with van der Waals surface area (Å²) in [4.78, 5) is 0. The van der Waals surface area contributed by atoms with Crippen LogP contribution in [0, 0.1) is 5.92 Å². The van der Waals surface area contributed by atoms with E-state index in [0.29, 0.717) is 5.92 Å². The van der Waals surface area contributed by atoms with Gasteiger partial charge in [-0.3, -0.25) is 0 Å². The van der Waals surface area contributed by atoms with Gasteiger partial charge in [0.2, 0.25) is 0 Å². The monoisotopic (exact) mass is 196 g/mol. The molecule has 0 heterocycles. The van der Waals surface area contributed by atoms with Gasteiger partial charge in [-0.1, -0.05) is 25.8 Å². The molecule has 14 heavy (non-hydrogen) atoms. The molecule has 80 valence electrons. The Bertz CT molecular complexity index is 230. The third-order valence-corrected chi connectivity index (χ3v) is 3.89. The van der Waals surface area contributed by atoms with E-state index in [1.54, 1.807) is 7.11 Å². The minimum Gasteiger partial charge on any atom is -0.389 e. The maximum Gasteiger partial charge on any atom is 0.118 e. The molecular weight excluding hydrogens is 176 g/mol. The number of rotatable bonds is 3. The maximum absolute atomic E-state index is 10.2. The van der Waals surface area contributed by atoms with E-state index in [-0.39, 0.29) is 11.7 Å². The van der Waals surface area contributed by atoms with E-state index in [2.05, 4.69) is 6.58 Å². The fraction of sp³-hybridized carbons (Fsp3) is 0.833. The summed E-state index contributed by atoms with van der Waals surface area (Å²) in [7, 11) is 1.68. The zero-order valence-corrected chi connectivity index (χ0v) is 8.96. The SMILES string of the molecule is C=C1C[C@]1(OC)[C@H](O)C1CCCCC1. The van der Waals surface area contributed by atoms with Gasteiger partial charge in [0, 0.05) is 13.5 Å². The highest BCUT2D eigenvalue weighted by atomic mass is 16.5. The van der Waals surface area contributed by atoms with Crippen LogP contribution in [0.4, 0.5) is 0 Å². The lowest BCUT2D eigenvalue weighted by Crippen LogP contribution is -2.38. The largest absolute Gasteiger partial charge is 0.389 e. The van der Waals surface area contributed by atoms with Crippen LogP contribution < -0.4 is 0 Å². The van der Waals surface area contributed by atoms with Crippen molar-refractivity contribution in [3.63, 3.8) is 0 Å². The van der Waals surface area contributed by atoms with Crippen LogP contribution in [0.3, 0.4) is 0 Å². The van der Waals surface area contributed by atoms with E-state index in [0.717, 1.165) is 24.8 Å². The molecule has 0 saturated heterocycles. The first-order chi connectivity index (χ1) is 6.70. The van der Waals surface area contributed by atoms with Crippen LogP contribution in [-0.2, 0) is 4.74 Å². The van der Waals surface area contributed by atoms with E-state index in [4.69, 9.17) is 4.74 Å². The quantitative estimate of drug-likeness (QED) is 0.702. The molecule has 2 aliphatic rings. The normalized spacial score (nSPS) is 35.7. The van der Waals surface area contributed by atoms with Crippen LogP contribution in [0.25, 0.3) is 0 Å². The smallest absolute Gasteiger partial charge is 0.118 e. The molecule has 2 nitrogen and oxygen atoms in total. The summed E-state index contributed by atoms with van der Waals surface area (Å²) in [5.74, 6) is 0.433. The molecule has 0 unspecified atom stereocenters. The number of hydrogen-bond donors (Lipinski definition) is 1. The maximum atomic E-state index is 10.2. The minimum absolute atomic E-state index is 0.319.